The van der Waals surface area contributed by atoms with Gasteiger partial charge in [-0.2, -0.15) is 18.2 Å². The first kappa shape index (κ1) is 25.5. The summed E-state index contributed by atoms with van der Waals surface area (Å²) in [5.74, 6) is -3.62. The maximum Gasteiger partial charge on any atom is 0.406 e. The third-order valence-corrected chi connectivity index (χ3v) is 7.20. The molecule has 4 N–H and O–H groups in total. The van der Waals surface area contributed by atoms with Crippen molar-refractivity contribution in [3.8, 4) is 5.88 Å². The first-order valence-electron chi connectivity index (χ1n) is 10.1. The number of carboxylic acid groups (broad SMARTS) is 1. The predicted octanol–water partition coefficient (Wildman–Crippen LogP) is 0.549. The van der Waals surface area contributed by atoms with Crippen LogP contribution in [-0.2, 0) is 19.2 Å². The van der Waals surface area contributed by atoms with Gasteiger partial charge in [-0.1, -0.05) is 5.16 Å². The molecule has 0 aromatic carbocycles. The SMILES string of the molecule is Nc1nc(O/N=C/C(=O)NC2C(=O)N3C(C(=O)O)=C(/C=C4\CCN(CC(F)(F)F)C4=O)CSC23)cs1. The van der Waals surface area contributed by atoms with Crippen molar-refractivity contribution in [3.05, 3.63) is 28.3 Å². The van der Waals surface area contributed by atoms with E-state index in [1.54, 1.807) is 0 Å². The summed E-state index contributed by atoms with van der Waals surface area (Å²) in [5.41, 5.74) is 5.21. The first-order chi connectivity index (χ1) is 16.9. The van der Waals surface area contributed by atoms with Crippen molar-refractivity contribution >= 4 is 58.1 Å². The number of alkyl halides is 3. The number of thiazole rings is 1. The number of rotatable bonds is 7. The Morgan fingerprint density at radius 2 is 2.14 bits per heavy atom. The van der Waals surface area contributed by atoms with Crippen LogP contribution in [0.15, 0.2) is 33.5 Å². The van der Waals surface area contributed by atoms with Crippen LogP contribution in [0.4, 0.5) is 18.3 Å². The molecule has 1 aromatic rings. The van der Waals surface area contributed by atoms with E-state index in [0.29, 0.717) is 4.90 Å². The van der Waals surface area contributed by atoms with E-state index in [1.807, 2.05) is 0 Å². The van der Waals surface area contributed by atoms with E-state index in [2.05, 4.69) is 15.5 Å². The van der Waals surface area contributed by atoms with Crippen molar-refractivity contribution in [1.82, 2.24) is 20.1 Å². The van der Waals surface area contributed by atoms with Crippen LogP contribution in [0.2, 0.25) is 0 Å². The maximum absolute atomic E-state index is 12.7. The number of hydrogen-bond acceptors (Lipinski definition) is 10. The number of allylic oxidation sites excluding steroid dienone is 1. The Labute approximate surface area is 208 Å². The number of halogens is 3. The standard InChI is InChI=1S/C19H17F3N6O6S2/c20-19(21,22)7-27-2-1-8(14(27)30)3-9-5-35-16-12(15(31)28(16)13(9)17(32)33)25-10(29)4-24-34-11-6-36-18(23)26-11/h3-4,6,12,16H,1-2,5,7H2,(H2,23,26)(H,25,29)(H,32,33)/b8-3+,24-4+. The summed E-state index contributed by atoms with van der Waals surface area (Å²) in [7, 11) is 0. The highest BCUT2D eigenvalue weighted by molar-refractivity contribution is 8.00. The predicted molar refractivity (Wildman–Crippen MR) is 121 cm³/mol. The lowest BCUT2D eigenvalue weighted by molar-refractivity contribution is -0.156. The van der Waals surface area contributed by atoms with Gasteiger partial charge in [0.15, 0.2) is 5.13 Å². The third-order valence-electron chi connectivity index (χ3n) is 5.25. The van der Waals surface area contributed by atoms with Gasteiger partial charge in [0, 0.05) is 17.9 Å². The molecule has 2 saturated heterocycles. The lowest BCUT2D eigenvalue weighted by Gasteiger charge is -2.49. The van der Waals surface area contributed by atoms with Crippen LogP contribution in [0.5, 0.6) is 5.88 Å². The molecule has 0 saturated carbocycles. The number of carboxylic acids is 1. The molecule has 2 atom stereocenters. The fraction of sp³-hybridized carbons (Fsp3) is 0.368. The highest BCUT2D eigenvalue weighted by Crippen LogP contribution is 2.41. The molecule has 4 heterocycles. The third kappa shape index (κ3) is 5.30. The number of carbonyl (C=O) groups is 4. The zero-order chi connectivity index (χ0) is 26.2. The maximum atomic E-state index is 12.7. The van der Waals surface area contributed by atoms with E-state index in [1.165, 1.54) is 11.5 Å². The van der Waals surface area contributed by atoms with Gasteiger partial charge in [-0.15, -0.1) is 23.1 Å². The minimum absolute atomic E-state index is 0.0148. The molecular weight excluding hydrogens is 529 g/mol. The molecule has 0 spiro atoms. The summed E-state index contributed by atoms with van der Waals surface area (Å²) >= 11 is 2.24. The van der Waals surface area contributed by atoms with Crippen LogP contribution < -0.4 is 15.9 Å². The largest absolute Gasteiger partial charge is 0.477 e. The van der Waals surface area contributed by atoms with Crippen LogP contribution in [0.25, 0.3) is 0 Å². The molecule has 0 aliphatic carbocycles. The summed E-state index contributed by atoms with van der Waals surface area (Å²) < 4.78 is 38.0. The number of likely N-dealkylation sites (tertiary alicyclic amines) is 1. The van der Waals surface area contributed by atoms with Gasteiger partial charge in [0.05, 0.1) is 5.38 Å². The number of amides is 3. The molecular formula is C19H17F3N6O6S2. The van der Waals surface area contributed by atoms with Crippen LogP contribution >= 0.6 is 23.1 Å². The van der Waals surface area contributed by atoms with Crippen molar-refractivity contribution in [2.45, 2.75) is 24.0 Å². The minimum atomic E-state index is -4.56. The summed E-state index contributed by atoms with van der Waals surface area (Å²) in [5, 5.41) is 16.6. The number of oxime groups is 1. The zero-order valence-corrected chi connectivity index (χ0v) is 19.7. The minimum Gasteiger partial charge on any atom is -0.477 e. The number of aromatic nitrogens is 1. The summed E-state index contributed by atoms with van der Waals surface area (Å²) in [6.45, 7) is -1.55. The summed E-state index contributed by atoms with van der Waals surface area (Å²) in [6.07, 6.45) is -2.53. The Morgan fingerprint density at radius 1 is 1.39 bits per heavy atom. The topological polar surface area (TPSA) is 168 Å². The highest BCUT2D eigenvalue weighted by Gasteiger charge is 2.54. The monoisotopic (exact) mass is 546 g/mol. The van der Waals surface area contributed by atoms with Gasteiger partial charge in [-0.25, -0.2) is 4.79 Å². The van der Waals surface area contributed by atoms with Gasteiger partial charge >= 0.3 is 12.1 Å². The summed E-state index contributed by atoms with van der Waals surface area (Å²) in [4.78, 5) is 59.3. The van der Waals surface area contributed by atoms with Gasteiger partial charge in [0.1, 0.15) is 29.9 Å². The van der Waals surface area contributed by atoms with Gasteiger partial charge in [-0.3, -0.25) is 19.3 Å². The quantitative estimate of drug-likeness (QED) is 0.191. The number of nitrogens with zero attached hydrogens (tertiary/aromatic N) is 4. The second kappa shape index (κ2) is 9.81. The van der Waals surface area contributed by atoms with Crippen molar-refractivity contribution in [1.29, 1.82) is 0 Å². The number of nitrogens with one attached hydrogen (secondary N) is 1. The van der Waals surface area contributed by atoms with Gasteiger partial charge in [0.25, 0.3) is 17.7 Å². The average molecular weight is 547 g/mol. The fourth-order valence-corrected chi connectivity index (χ4v) is 5.53. The molecule has 3 aliphatic heterocycles. The number of anilines is 1. The normalized spacial score (nSPS) is 23.4. The Bertz CT molecular complexity index is 1210. The zero-order valence-electron chi connectivity index (χ0n) is 18.0. The number of β-lactam (4-membered cyclic amide) rings is 1. The number of aliphatic carboxylic acids is 1. The van der Waals surface area contributed by atoms with E-state index in [9.17, 15) is 37.5 Å². The lowest BCUT2D eigenvalue weighted by Crippen LogP contribution is -2.70. The Kier molecular flexibility index (Phi) is 6.94. The molecule has 12 nitrogen and oxygen atoms in total. The Hall–Kier alpha value is -3.60. The number of nitrogen functional groups attached to an aromatic ring is 1. The number of carbonyl (C=O) groups excluding carboxylic acids is 3. The number of nitrogens with two attached hydrogens (primary N) is 1. The smallest absolute Gasteiger partial charge is 0.406 e. The lowest BCUT2D eigenvalue weighted by atomic mass is 10.0. The molecule has 2 fully saturated rings. The molecule has 0 radical (unpaired) electrons. The van der Waals surface area contributed by atoms with Crippen molar-refractivity contribution in [3.63, 3.8) is 0 Å². The van der Waals surface area contributed by atoms with Crippen molar-refractivity contribution < 1.29 is 42.3 Å². The van der Waals surface area contributed by atoms with Crippen LogP contribution in [0.3, 0.4) is 0 Å². The highest BCUT2D eigenvalue weighted by atomic mass is 32.2. The molecule has 1 aromatic heterocycles. The molecule has 36 heavy (non-hydrogen) atoms. The van der Waals surface area contributed by atoms with E-state index >= 15 is 0 Å². The molecule has 17 heteroatoms. The fourth-order valence-electron chi connectivity index (χ4n) is 3.77. The van der Waals surface area contributed by atoms with Crippen LogP contribution in [-0.4, -0.2) is 86.2 Å². The second-order valence-corrected chi connectivity index (χ2v) is 9.68. The van der Waals surface area contributed by atoms with E-state index in [0.717, 1.165) is 34.2 Å². The first-order valence-corrected chi connectivity index (χ1v) is 12.1. The van der Waals surface area contributed by atoms with Crippen molar-refractivity contribution in [2.24, 2.45) is 5.16 Å². The van der Waals surface area contributed by atoms with Crippen LogP contribution in [0.1, 0.15) is 6.42 Å². The molecule has 3 amide bonds. The number of hydrogen-bond donors (Lipinski definition) is 3. The number of thioether (sulfide) groups is 1. The van der Waals surface area contributed by atoms with Crippen molar-refractivity contribution in [2.75, 3.05) is 24.6 Å². The summed E-state index contributed by atoms with van der Waals surface area (Å²) in [6, 6.07) is -1.04. The second-order valence-electron chi connectivity index (χ2n) is 7.69. The van der Waals surface area contributed by atoms with Gasteiger partial charge in [0.2, 0.25) is 5.91 Å². The van der Waals surface area contributed by atoms with E-state index in [-0.39, 0.29) is 46.6 Å². The van der Waals surface area contributed by atoms with Gasteiger partial charge in [-0.05, 0) is 18.1 Å². The molecule has 0 bridgehead atoms. The van der Waals surface area contributed by atoms with Crippen LogP contribution in [0, 0.1) is 0 Å². The molecule has 4 rings (SSSR count). The van der Waals surface area contributed by atoms with E-state index in [4.69, 9.17) is 10.6 Å². The Morgan fingerprint density at radius 3 is 2.78 bits per heavy atom. The molecule has 2 unspecified atom stereocenters. The van der Waals surface area contributed by atoms with Gasteiger partial charge < -0.3 is 25.9 Å². The Balaban J connectivity index is 1.43. The molecule has 3 aliphatic rings. The molecule has 192 valence electrons. The average Bonchev–Trinajstić information content (AvgIpc) is 3.36. The van der Waals surface area contributed by atoms with E-state index < -0.39 is 47.8 Å². The number of fused-ring (bicyclic) bond motifs is 1.